The van der Waals surface area contributed by atoms with Crippen molar-refractivity contribution in [2.45, 2.75) is 6.42 Å². The summed E-state index contributed by atoms with van der Waals surface area (Å²) < 4.78 is 1.04. The van der Waals surface area contributed by atoms with Gasteiger partial charge in [-0.05, 0) is 6.08 Å². The Bertz CT molecular complexity index is 221. The van der Waals surface area contributed by atoms with E-state index in [2.05, 4.69) is 20.7 Å². The second kappa shape index (κ2) is 2.76. The summed E-state index contributed by atoms with van der Waals surface area (Å²) in [6, 6.07) is 0. The van der Waals surface area contributed by atoms with Gasteiger partial charge in [0, 0.05) is 10.6 Å². The molecule has 0 saturated carbocycles. The highest BCUT2D eigenvalue weighted by Gasteiger charge is 2.04. The molecule has 2 nitrogen and oxygen atoms in total. The normalized spacial score (nSPS) is 17.0. The number of nitrogens with zero attached hydrogens (tertiary/aromatic N) is 2. The van der Waals surface area contributed by atoms with Gasteiger partial charge in [-0.25, -0.2) is 0 Å². The molecule has 0 heterocycles. The van der Waals surface area contributed by atoms with Gasteiger partial charge in [-0.15, -0.1) is 0 Å². The first-order valence-corrected chi connectivity index (χ1v) is 3.37. The Labute approximate surface area is 61.6 Å². The average Bonchev–Trinajstić information content (AvgIpc) is 1.90. The van der Waals surface area contributed by atoms with Crippen LogP contribution in [0.1, 0.15) is 6.42 Å². The van der Waals surface area contributed by atoms with Gasteiger partial charge in [0.15, 0.2) is 0 Å². The van der Waals surface area contributed by atoms with Crippen LogP contribution in [0.2, 0.25) is 0 Å². The lowest BCUT2D eigenvalue weighted by atomic mass is 10.2. The third-order valence-electron chi connectivity index (χ3n) is 1.07. The third-order valence-corrected chi connectivity index (χ3v) is 1.66. The molecule has 0 unspecified atom stereocenters. The zero-order valence-electron chi connectivity index (χ0n) is 4.71. The molecular formula is C6H5BrN2. The molecule has 3 heteroatoms. The minimum atomic E-state index is 0.693. The van der Waals surface area contributed by atoms with Gasteiger partial charge < -0.3 is 5.53 Å². The number of hydrogen-bond acceptors (Lipinski definition) is 0. The highest BCUT2D eigenvalue weighted by atomic mass is 79.9. The van der Waals surface area contributed by atoms with E-state index in [1.807, 2.05) is 12.2 Å². The van der Waals surface area contributed by atoms with Gasteiger partial charge >= 0.3 is 0 Å². The molecule has 0 N–H and O–H groups in total. The van der Waals surface area contributed by atoms with Gasteiger partial charge in [-0.2, -0.15) is 4.79 Å². The monoisotopic (exact) mass is 184 g/mol. The zero-order chi connectivity index (χ0) is 6.69. The number of allylic oxidation sites excluding steroid dienone is 4. The van der Waals surface area contributed by atoms with Crippen molar-refractivity contribution in [3.05, 3.63) is 28.2 Å². The Kier molecular flexibility index (Phi) is 1.98. The predicted molar refractivity (Wildman–Crippen MR) is 39.4 cm³/mol. The molecule has 1 aliphatic rings. The topological polar surface area (TPSA) is 36.4 Å². The van der Waals surface area contributed by atoms with Crippen LogP contribution < -0.4 is 0 Å². The van der Waals surface area contributed by atoms with E-state index < -0.39 is 0 Å². The fourth-order valence-electron chi connectivity index (χ4n) is 0.588. The van der Waals surface area contributed by atoms with E-state index in [0.717, 1.165) is 4.48 Å². The smallest absolute Gasteiger partial charge is 0.295 e. The maximum Gasteiger partial charge on any atom is 0.295 e. The van der Waals surface area contributed by atoms with Gasteiger partial charge in [0.05, 0.1) is 6.42 Å². The summed E-state index contributed by atoms with van der Waals surface area (Å²) in [4.78, 5) is 3.05. The molecular weight excluding hydrogens is 180 g/mol. The third kappa shape index (κ3) is 1.63. The number of hydrogen-bond donors (Lipinski definition) is 0. The molecule has 0 aromatic rings. The highest BCUT2D eigenvalue weighted by Crippen LogP contribution is 2.12. The first-order chi connectivity index (χ1) is 4.33. The second-order valence-corrected chi connectivity index (χ2v) is 2.63. The first kappa shape index (κ1) is 6.46. The van der Waals surface area contributed by atoms with Crippen molar-refractivity contribution in [1.29, 1.82) is 0 Å². The molecule has 9 heavy (non-hydrogen) atoms. The molecule has 1 aliphatic carbocycles. The minimum absolute atomic E-state index is 0.693. The van der Waals surface area contributed by atoms with Crippen molar-refractivity contribution in [3.8, 4) is 0 Å². The molecule has 0 radical (unpaired) electrons. The van der Waals surface area contributed by atoms with Crippen molar-refractivity contribution in [3.63, 3.8) is 0 Å². The predicted octanol–water partition coefficient (Wildman–Crippen LogP) is 1.90. The highest BCUT2D eigenvalue weighted by molar-refractivity contribution is 9.11. The summed E-state index contributed by atoms with van der Waals surface area (Å²) in [6.07, 6.45) is 6.26. The largest absolute Gasteiger partial charge is 0.361 e. The number of halogens is 1. The van der Waals surface area contributed by atoms with Crippen molar-refractivity contribution >= 4 is 21.6 Å². The molecule has 0 bridgehead atoms. The Morgan fingerprint density at radius 1 is 1.56 bits per heavy atom. The van der Waals surface area contributed by atoms with Crippen LogP contribution in [0.15, 0.2) is 22.7 Å². The maximum atomic E-state index is 8.27. The van der Waals surface area contributed by atoms with Crippen molar-refractivity contribution in [1.82, 2.24) is 0 Å². The molecule has 0 aromatic heterocycles. The van der Waals surface area contributed by atoms with E-state index in [1.165, 1.54) is 0 Å². The first-order valence-electron chi connectivity index (χ1n) is 2.57. The lowest BCUT2D eigenvalue weighted by molar-refractivity contribution is -0.00538. The Balaban J connectivity index is 2.81. The standard InChI is InChI=1S/C6H5BrN2/c7-5-1-3-6(9-8)4-2-5/h1-3H,4H2. The van der Waals surface area contributed by atoms with Crippen LogP contribution in [-0.2, 0) is 0 Å². The SMILES string of the molecule is [N-]=[N+]=C1C=CC(Br)=CC1. The molecule has 0 saturated heterocycles. The Hall–Kier alpha value is -0.660. The van der Waals surface area contributed by atoms with Gasteiger partial charge in [0.2, 0.25) is 0 Å². The van der Waals surface area contributed by atoms with Crippen LogP contribution in [0.5, 0.6) is 0 Å². The van der Waals surface area contributed by atoms with Crippen LogP contribution in [-0.4, -0.2) is 10.5 Å². The van der Waals surface area contributed by atoms with Gasteiger partial charge in [-0.1, -0.05) is 22.0 Å². The van der Waals surface area contributed by atoms with Crippen molar-refractivity contribution in [2.24, 2.45) is 0 Å². The lowest BCUT2D eigenvalue weighted by Gasteiger charge is -1.92. The van der Waals surface area contributed by atoms with Gasteiger partial charge in [0.1, 0.15) is 0 Å². The Morgan fingerprint density at radius 2 is 2.33 bits per heavy atom. The molecule has 1 rings (SSSR count). The summed E-state index contributed by atoms with van der Waals surface area (Å²) in [5.41, 5.74) is 8.96. The van der Waals surface area contributed by atoms with E-state index in [1.54, 1.807) is 6.08 Å². The van der Waals surface area contributed by atoms with E-state index in [9.17, 15) is 0 Å². The van der Waals surface area contributed by atoms with E-state index in [-0.39, 0.29) is 0 Å². The van der Waals surface area contributed by atoms with Crippen molar-refractivity contribution in [2.75, 3.05) is 0 Å². The fourth-order valence-corrected chi connectivity index (χ4v) is 0.882. The molecule has 0 aliphatic heterocycles. The summed E-state index contributed by atoms with van der Waals surface area (Å²) >= 11 is 3.28. The molecule has 0 atom stereocenters. The molecule has 0 aromatic carbocycles. The molecule has 0 amide bonds. The van der Waals surface area contributed by atoms with Crippen LogP contribution >= 0.6 is 15.9 Å². The van der Waals surface area contributed by atoms with Crippen LogP contribution in [0, 0.1) is 0 Å². The van der Waals surface area contributed by atoms with Gasteiger partial charge in [0.25, 0.3) is 5.71 Å². The van der Waals surface area contributed by atoms with E-state index >= 15 is 0 Å². The van der Waals surface area contributed by atoms with Crippen LogP contribution in [0.25, 0.3) is 5.53 Å². The molecule has 0 spiro atoms. The van der Waals surface area contributed by atoms with Gasteiger partial charge in [-0.3, -0.25) is 0 Å². The summed E-state index contributed by atoms with van der Waals surface area (Å²) in [7, 11) is 0. The summed E-state index contributed by atoms with van der Waals surface area (Å²) in [6.45, 7) is 0. The minimum Gasteiger partial charge on any atom is -0.361 e. The number of rotatable bonds is 0. The quantitative estimate of drug-likeness (QED) is 0.408. The second-order valence-electron chi connectivity index (χ2n) is 1.72. The summed E-state index contributed by atoms with van der Waals surface area (Å²) in [5.74, 6) is 0. The van der Waals surface area contributed by atoms with Crippen molar-refractivity contribution < 1.29 is 4.79 Å². The summed E-state index contributed by atoms with van der Waals surface area (Å²) in [5, 5.41) is 0. The Morgan fingerprint density at radius 3 is 2.78 bits per heavy atom. The fraction of sp³-hybridized carbons (Fsp3) is 0.167. The van der Waals surface area contributed by atoms with Crippen LogP contribution in [0.3, 0.4) is 0 Å². The van der Waals surface area contributed by atoms with E-state index in [0.29, 0.717) is 12.1 Å². The molecule has 46 valence electrons. The zero-order valence-corrected chi connectivity index (χ0v) is 6.30. The molecule has 0 fully saturated rings. The van der Waals surface area contributed by atoms with E-state index in [4.69, 9.17) is 5.53 Å². The maximum absolute atomic E-state index is 8.27. The van der Waals surface area contributed by atoms with Crippen LogP contribution in [0.4, 0.5) is 0 Å². The lowest BCUT2D eigenvalue weighted by Crippen LogP contribution is -1.95. The average molecular weight is 185 g/mol.